The highest BCUT2D eigenvalue weighted by molar-refractivity contribution is 5.11. The van der Waals surface area contributed by atoms with Crippen LogP contribution in [0.5, 0.6) is 0 Å². The molecular formula is C20H34O2. The molecule has 1 unspecified atom stereocenters. The molecule has 0 aliphatic heterocycles. The lowest BCUT2D eigenvalue weighted by Crippen LogP contribution is -2.63. The van der Waals surface area contributed by atoms with Gasteiger partial charge in [-0.05, 0) is 86.4 Å². The van der Waals surface area contributed by atoms with Crippen LogP contribution in [0.4, 0.5) is 0 Å². The van der Waals surface area contributed by atoms with Gasteiger partial charge in [0.2, 0.25) is 0 Å². The Morgan fingerprint density at radius 3 is 2.36 bits per heavy atom. The van der Waals surface area contributed by atoms with Crippen molar-refractivity contribution in [1.82, 2.24) is 0 Å². The van der Waals surface area contributed by atoms with Crippen LogP contribution in [-0.2, 0) is 0 Å². The van der Waals surface area contributed by atoms with Crippen molar-refractivity contribution in [1.29, 1.82) is 0 Å². The van der Waals surface area contributed by atoms with Crippen LogP contribution in [-0.4, -0.2) is 16.0 Å². The number of rotatable bonds is 0. The van der Waals surface area contributed by atoms with Crippen LogP contribution in [0.2, 0.25) is 0 Å². The Bertz CT molecular complexity index is 459. The summed E-state index contributed by atoms with van der Waals surface area (Å²) in [5.41, 5.74) is 0.258. The highest BCUT2D eigenvalue weighted by atomic mass is 16.5. The lowest BCUT2D eigenvalue weighted by atomic mass is 9.43. The molecule has 4 saturated carbocycles. The van der Waals surface area contributed by atoms with E-state index in [9.17, 15) is 10.2 Å². The molecule has 4 fully saturated rings. The zero-order chi connectivity index (χ0) is 15.8. The Morgan fingerprint density at radius 2 is 1.59 bits per heavy atom. The van der Waals surface area contributed by atoms with E-state index < -0.39 is 5.79 Å². The monoisotopic (exact) mass is 306 g/mol. The molecule has 0 aromatic carbocycles. The summed E-state index contributed by atoms with van der Waals surface area (Å²) in [5, 5.41) is 21.8. The summed E-state index contributed by atoms with van der Waals surface area (Å²) in [4.78, 5) is 0. The summed E-state index contributed by atoms with van der Waals surface area (Å²) >= 11 is 0. The number of fused-ring (bicyclic) bond motifs is 5. The second-order valence-corrected chi connectivity index (χ2v) is 9.67. The van der Waals surface area contributed by atoms with Crippen LogP contribution >= 0.6 is 0 Å². The molecule has 126 valence electrons. The van der Waals surface area contributed by atoms with Crippen molar-refractivity contribution in [3.8, 4) is 0 Å². The molecule has 0 aromatic rings. The van der Waals surface area contributed by atoms with Gasteiger partial charge in [-0.15, -0.1) is 0 Å². The van der Waals surface area contributed by atoms with Gasteiger partial charge in [0.1, 0.15) is 0 Å². The Hall–Kier alpha value is -0.0800. The number of hydrogen-bond acceptors (Lipinski definition) is 2. The summed E-state index contributed by atoms with van der Waals surface area (Å²) in [7, 11) is 0. The number of hydrogen-bond donors (Lipinski definition) is 2. The zero-order valence-electron chi connectivity index (χ0n) is 14.6. The Morgan fingerprint density at radius 1 is 0.818 bits per heavy atom. The van der Waals surface area contributed by atoms with Crippen molar-refractivity contribution in [2.45, 2.75) is 84.3 Å². The zero-order valence-corrected chi connectivity index (χ0v) is 14.6. The average molecular weight is 306 g/mol. The topological polar surface area (TPSA) is 40.5 Å². The third-order valence-corrected chi connectivity index (χ3v) is 9.32. The minimum Gasteiger partial charge on any atom is -0.365 e. The van der Waals surface area contributed by atoms with Gasteiger partial charge in [0.05, 0.1) is 0 Å². The predicted molar refractivity (Wildman–Crippen MR) is 88.1 cm³/mol. The highest BCUT2D eigenvalue weighted by Crippen LogP contribution is 2.68. The van der Waals surface area contributed by atoms with Gasteiger partial charge in [-0.25, -0.2) is 0 Å². The van der Waals surface area contributed by atoms with Gasteiger partial charge >= 0.3 is 0 Å². The fourth-order valence-electron chi connectivity index (χ4n) is 7.63. The largest absolute Gasteiger partial charge is 0.365 e. The van der Waals surface area contributed by atoms with Crippen LogP contribution in [0.25, 0.3) is 0 Å². The smallest absolute Gasteiger partial charge is 0.168 e. The fraction of sp³-hybridized carbons (Fsp3) is 1.00. The summed E-state index contributed by atoms with van der Waals surface area (Å²) < 4.78 is 0. The van der Waals surface area contributed by atoms with Crippen molar-refractivity contribution in [3.05, 3.63) is 0 Å². The first-order valence-corrected chi connectivity index (χ1v) is 9.75. The molecule has 4 aliphatic carbocycles. The van der Waals surface area contributed by atoms with Crippen LogP contribution in [0.15, 0.2) is 0 Å². The maximum Gasteiger partial charge on any atom is 0.168 e. The van der Waals surface area contributed by atoms with Crippen molar-refractivity contribution in [2.75, 3.05) is 0 Å². The molecule has 0 radical (unpaired) electrons. The molecule has 4 rings (SSSR count). The van der Waals surface area contributed by atoms with Crippen LogP contribution in [0, 0.1) is 40.4 Å². The lowest BCUT2D eigenvalue weighted by molar-refractivity contribution is -0.313. The van der Waals surface area contributed by atoms with Gasteiger partial charge in [-0.1, -0.05) is 20.8 Å². The first kappa shape index (κ1) is 15.4. The molecular weight excluding hydrogens is 272 g/mol. The van der Waals surface area contributed by atoms with Crippen LogP contribution < -0.4 is 0 Å². The Labute approximate surface area is 135 Å². The second-order valence-electron chi connectivity index (χ2n) is 9.67. The summed E-state index contributed by atoms with van der Waals surface area (Å²) in [6.07, 6.45) is 10.6. The van der Waals surface area contributed by atoms with E-state index in [-0.39, 0.29) is 5.41 Å². The van der Waals surface area contributed by atoms with E-state index >= 15 is 0 Å². The first-order chi connectivity index (χ1) is 10.3. The van der Waals surface area contributed by atoms with Crippen molar-refractivity contribution >= 4 is 0 Å². The Kier molecular flexibility index (Phi) is 3.32. The fourth-order valence-corrected chi connectivity index (χ4v) is 7.63. The van der Waals surface area contributed by atoms with E-state index in [2.05, 4.69) is 20.8 Å². The molecule has 0 spiro atoms. The molecule has 4 aliphatic rings. The summed E-state index contributed by atoms with van der Waals surface area (Å²) in [6, 6.07) is 0. The molecule has 0 aromatic heterocycles. The van der Waals surface area contributed by atoms with E-state index in [1.165, 1.54) is 44.9 Å². The molecule has 7 atom stereocenters. The summed E-state index contributed by atoms with van der Waals surface area (Å²) in [6.45, 7) is 7.22. The number of aliphatic hydroxyl groups is 2. The third-order valence-electron chi connectivity index (χ3n) is 9.32. The third kappa shape index (κ3) is 1.75. The molecule has 0 amide bonds. The van der Waals surface area contributed by atoms with Crippen LogP contribution in [0.3, 0.4) is 0 Å². The molecule has 0 bridgehead atoms. The van der Waals surface area contributed by atoms with Crippen LogP contribution in [0.1, 0.15) is 78.6 Å². The van der Waals surface area contributed by atoms with Crippen molar-refractivity contribution < 1.29 is 10.2 Å². The molecule has 0 saturated heterocycles. The van der Waals surface area contributed by atoms with Crippen molar-refractivity contribution in [3.63, 3.8) is 0 Å². The highest BCUT2D eigenvalue weighted by Gasteiger charge is 2.64. The van der Waals surface area contributed by atoms with Gasteiger partial charge in [0, 0.05) is 11.8 Å². The maximum absolute atomic E-state index is 10.9. The van der Waals surface area contributed by atoms with Gasteiger partial charge in [0.25, 0.3) is 0 Å². The van der Waals surface area contributed by atoms with Gasteiger partial charge in [-0.3, -0.25) is 0 Å². The molecule has 2 N–H and O–H groups in total. The molecule has 0 heterocycles. The van der Waals surface area contributed by atoms with E-state index in [0.29, 0.717) is 23.7 Å². The van der Waals surface area contributed by atoms with E-state index in [4.69, 9.17) is 0 Å². The quantitative estimate of drug-likeness (QED) is 0.653. The first-order valence-electron chi connectivity index (χ1n) is 9.75. The Balaban J connectivity index is 1.70. The van der Waals surface area contributed by atoms with Gasteiger partial charge in [-0.2, -0.15) is 0 Å². The summed E-state index contributed by atoms with van der Waals surface area (Å²) in [5.74, 6) is 2.05. The SMILES string of the molecule is C[C@@H]1CC[C@H]2[C@@H]3CCC4CCCC(O)(O)[C@]4(C)[C@H]3CC[C@]12C. The minimum absolute atomic E-state index is 0.263. The standard InChI is InChI=1S/C20H34O2/c1-13-6-9-16-15-8-7-14-5-4-11-20(21,22)19(14,3)17(15)10-12-18(13,16)2/h13-17,21-22H,4-12H2,1-3H3/t13-,14?,15+,16+,17+,18-,19+/m1/s1. The van der Waals surface area contributed by atoms with Gasteiger partial charge in [0.15, 0.2) is 5.79 Å². The maximum atomic E-state index is 10.9. The van der Waals surface area contributed by atoms with E-state index in [1.807, 2.05) is 0 Å². The molecule has 2 heteroatoms. The van der Waals surface area contributed by atoms with E-state index in [1.54, 1.807) is 0 Å². The predicted octanol–water partition coefficient (Wildman–Crippen LogP) is 4.35. The second kappa shape index (κ2) is 4.72. The molecule has 2 nitrogen and oxygen atoms in total. The minimum atomic E-state index is -1.43. The van der Waals surface area contributed by atoms with E-state index in [0.717, 1.165) is 24.2 Å². The lowest BCUT2D eigenvalue weighted by Gasteiger charge is -2.63. The molecule has 22 heavy (non-hydrogen) atoms. The average Bonchev–Trinajstić information content (AvgIpc) is 2.76. The van der Waals surface area contributed by atoms with Gasteiger partial charge < -0.3 is 10.2 Å². The normalized spacial score (nSPS) is 56.9. The van der Waals surface area contributed by atoms with Crippen molar-refractivity contribution in [2.24, 2.45) is 40.4 Å².